The molecule has 0 atom stereocenters. The molecule has 0 aliphatic heterocycles. The number of fused-ring (bicyclic) bond motifs is 1. The molecule has 3 rings (SSSR count). The van der Waals surface area contributed by atoms with E-state index in [0.29, 0.717) is 24.0 Å². The normalized spacial score (nSPS) is 10.3. The van der Waals surface area contributed by atoms with Gasteiger partial charge in [-0.15, -0.1) is 5.10 Å². The molecule has 1 N–H and O–H groups in total. The second-order valence-corrected chi connectivity index (χ2v) is 4.90. The predicted octanol–water partition coefficient (Wildman–Crippen LogP) is 1.44. The molecule has 122 valence electrons. The Kier molecular flexibility index (Phi) is 4.66. The summed E-state index contributed by atoms with van der Waals surface area (Å²) in [5.74, 6) is 0. The van der Waals surface area contributed by atoms with Crippen molar-refractivity contribution in [2.24, 2.45) is 0 Å². The van der Waals surface area contributed by atoms with Crippen LogP contribution in [0.3, 0.4) is 0 Å². The molecule has 0 radical (unpaired) electrons. The fourth-order valence-corrected chi connectivity index (χ4v) is 2.09. The van der Waals surface area contributed by atoms with Crippen LogP contribution in [0, 0.1) is 0 Å². The molecule has 8 heteroatoms. The summed E-state index contributed by atoms with van der Waals surface area (Å²) in [6.45, 7) is 0.448. The molecule has 2 aromatic carbocycles. The summed E-state index contributed by atoms with van der Waals surface area (Å²) >= 11 is 0. The number of aromatic nitrogens is 3. The van der Waals surface area contributed by atoms with Crippen molar-refractivity contribution in [3.05, 3.63) is 59.7 Å². The summed E-state index contributed by atoms with van der Waals surface area (Å²) in [7, 11) is 0. The largest absolute Gasteiger partial charge is 0.535 e. The number of hydrogen-bond acceptors (Lipinski definition) is 6. The Labute approximate surface area is 136 Å². The molecule has 0 bridgehead atoms. The molecule has 8 nitrogen and oxygen atoms in total. The quantitative estimate of drug-likeness (QED) is 0.418. The van der Waals surface area contributed by atoms with Crippen molar-refractivity contribution in [1.82, 2.24) is 20.5 Å². The van der Waals surface area contributed by atoms with Gasteiger partial charge in [0.15, 0.2) is 0 Å². The van der Waals surface area contributed by atoms with Gasteiger partial charge in [0.2, 0.25) is 6.41 Å². The maximum absolute atomic E-state index is 11.8. The van der Waals surface area contributed by atoms with E-state index in [9.17, 15) is 9.59 Å². The van der Waals surface area contributed by atoms with Crippen LogP contribution in [-0.4, -0.2) is 27.7 Å². The van der Waals surface area contributed by atoms with E-state index in [1.807, 2.05) is 30.3 Å². The maximum atomic E-state index is 11.8. The number of nitrogens with zero attached hydrogens (tertiary/aromatic N) is 3. The number of carbonyl (C=O) groups is 2. The highest BCUT2D eigenvalue weighted by atomic mass is 16.8. The molecule has 1 aromatic heterocycles. The highest BCUT2D eigenvalue weighted by Crippen LogP contribution is 2.13. The Hall–Kier alpha value is -3.42. The molecule has 24 heavy (non-hydrogen) atoms. The van der Waals surface area contributed by atoms with Crippen LogP contribution < -0.4 is 10.2 Å². The second-order valence-electron chi connectivity index (χ2n) is 4.90. The lowest BCUT2D eigenvalue weighted by Gasteiger charge is -2.06. The van der Waals surface area contributed by atoms with Crippen LogP contribution in [0.4, 0.5) is 4.79 Å². The summed E-state index contributed by atoms with van der Waals surface area (Å²) in [5, 5.41) is 10.2. The minimum atomic E-state index is -0.887. The van der Waals surface area contributed by atoms with E-state index in [-0.39, 0.29) is 6.61 Å². The van der Waals surface area contributed by atoms with Crippen LogP contribution in [0.1, 0.15) is 11.1 Å². The summed E-state index contributed by atoms with van der Waals surface area (Å²) in [4.78, 5) is 28.2. The first-order valence-corrected chi connectivity index (χ1v) is 7.16. The molecule has 0 saturated carbocycles. The van der Waals surface area contributed by atoms with Gasteiger partial charge < -0.3 is 10.1 Å². The Morgan fingerprint density at radius 2 is 2.00 bits per heavy atom. The number of carbonyl (C=O) groups excluding carboxylic acids is 2. The zero-order valence-electron chi connectivity index (χ0n) is 12.6. The van der Waals surface area contributed by atoms with Gasteiger partial charge in [-0.2, -0.15) is 0 Å². The zero-order chi connectivity index (χ0) is 16.8. The van der Waals surface area contributed by atoms with E-state index in [2.05, 4.69) is 15.6 Å². The van der Waals surface area contributed by atoms with Gasteiger partial charge in [-0.3, -0.25) is 9.63 Å². The van der Waals surface area contributed by atoms with Crippen LogP contribution in [0.15, 0.2) is 48.5 Å². The Morgan fingerprint density at radius 3 is 2.79 bits per heavy atom. The summed E-state index contributed by atoms with van der Waals surface area (Å²) < 4.78 is 5.04. The lowest BCUT2D eigenvalue weighted by Crippen LogP contribution is -2.22. The molecule has 0 saturated heterocycles. The monoisotopic (exact) mass is 326 g/mol. The third-order valence-electron chi connectivity index (χ3n) is 3.23. The van der Waals surface area contributed by atoms with E-state index in [1.165, 1.54) is 0 Å². The molecule has 3 aromatic rings. The molecule has 0 fully saturated rings. The summed E-state index contributed by atoms with van der Waals surface area (Å²) in [6.07, 6.45) is -0.279. The Bertz CT molecular complexity index is 848. The Balaban J connectivity index is 1.67. The van der Waals surface area contributed by atoms with Crippen molar-refractivity contribution in [2.75, 3.05) is 0 Å². The number of amides is 1. The first-order valence-electron chi connectivity index (χ1n) is 7.16. The third kappa shape index (κ3) is 3.67. The van der Waals surface area contributed by atoms with Crippen molar-refractivity contribution in [3.8, 4) is 0 Å². The average molecular weight is 326 g/mol. The zero-order valence-corrected chi connectivity index (χ0v) is 12.6. The standard InChI is InChI=1S/C16H14N4O4/c21-11-17-9-13-6-7-14-15(8-13)20(19-18-14)24-16(22)23-10-12-4-2-1-3-5-12/h1-8,11H,9-10H2,(H,17,21). The van der Waals surface area contributed by atoms with Crippen molar-refractivity contribution >= 4 is 23.6 Å². The number of benzene rings is 2. The van der Waals surface area contributed by atoms with Crippen LogP contribution >= 0.6 is 0 Å². The molecule has 0 spiro atoms. The molecule has 1 heterocycles. The minimum absolute atomic E-state index is 0.0980. The van der Waals surface area contributed by atoms with E-state index in [1.54, 1.807) is 18.2 Å². The van der Waals surface area contributed by atoms with Crippen LogP contribution in [0.2, 0.25) is 0 Å². The van der Waals surface area contributed by atoms with Crippen LogP contribution in [-0.2, 0) is 22.7 Å². The van der Waals surface area contributed by atoms with E-state index in [0.717, 1.165) is 16.0 Å². The lowest BCUT2D eigenvalue weighted by molar-refractivity contribution is -0.109. The topological polar surface area (TPSA) is 95.3 Å². The SMILES string of the molecule is O=CNCc1ccc2nnn(OC(=O)OCc3ccccc3)c2c1. The first kappa shape index (κ1) is 15.5. The fraction of sp³-hybridized carbons (Fsp3) is 0.125. The molecule has 0 aliphatic carbocycles. The molecule has 0 aliphatic rings. The minimum Gasteiger partial charge on any atom is -0.428 e. The third-order valence-corrected chi connectivity index (χ3v) is 3.23. The van der Waals surface area contributed by atoms with E-state index < -0.39 is 6.16 Å². The number of rotatable bonds is 6. The number of nitrogens with one attached hydrogen (secondary N) is 1. The molecular weight excluding hydrogens is 312 g/mol. The smallest absolute Gasteiger partial charge is 0.428 e. The van der Waals surface area contributed by atoms with Gasteiger partial charge >= 0.3 is 6.16 Å². The fourth-order valence-electron chi connectivity index (χ4n) is 2.09. The predicted molar refractivity (Wildman–Crippen MR) is 83.6 cm³/mol. The number of ether oxygens (including phenoxy) is 1. The van der Waals surface area contributed by atoms with Gasteiger partial charge in [0.25, 0.3) is 0 Å². The van der Waals surface area contributed by atoms with Gasteiger partial charge in [0, 0.05) is 6.54 Å². The van der Waals surface area contributed by atoms with Crippen LogP contribution in [0.25, 0.3) is 11.0 Å². The highest BCUT2D eigenvalue weighted by molar-refractivity contribution is 5.75. The number of hydrogen-bond donors (Lipinski definition) is 1. The Morgan fingerprint density at radius 1 is 1.17 bits per heavy atom. The summed E-state index contributed by atoms with van der Waals surface area (Å²) in [5.41, 5.74) is 2.72. The van der Waals surface area contributed by atoms with Gasteiger partial charge in [-0.05, 0) is 28.5 Å². The first-order chi connectivity index (χ1) is 11.8. The second kappa shape index (κ2) is 7.23. The van der Waals surface area contributed by atoms with E-state index >= 15 is 0 Å². The van der Waals surface area contributed by atoms with Crippen LogP contribution in [0.5, 0.6) is 0 Å². The van der Waals surface area contributed by atoms with Crippen molar-refractivity contribution < 1.29 is 19.2 Å². The van der Waals surface area contributed by atoms with Gasteiger partial charge in [-0.25, -0.2) is 4.79 Å². The van der Waals surface area contributed by atoms with E-state index in [4.69, 9.17) is 9.57 Å². The van der Waals surface area contributed by atoms with Gasteiger partial charge in [0.05, 0.1) is 0 Å². The van der Waals surface area contributed by atoms with Crippen molar-refractivity contribution in [3.63, 3.8) is 0 Å². The van der Waals surface area contributed by atoms with Crippen molar-refractivity contribution in [1.29, 1.82) is 0 Å². The summed E-state index contributed by atoms with van der Waals surface area (Å²) in [6, 6.07) is 14.5. The van der Waals surface area contributed by atoms with Crippen molar-refractivity contribution in [2.45, 2.75) is 13.2 Å². The highest BCUT2D eigenvalue weighted by Gasteiger charge is 2.12. The lowest BCUT2D eigenvalue weighted by atomic mass is 10.2. The molecule has 0 unspecified atom stereocenters. The van der Waals surface area contributed by atoms with Gasteiger partial charge in [-0.1, -0.05) is 41.2 Å². The maximum Gasteiger partial charge on any atom is 0.535 e. The van der Waals surface area contributed by atoms with Gasteiger partial charge in [0.1, 0.15) is 17.6 Å². The molecular formula is C16H14N4O4. The molecule has 1 amide bonds. The average Bonchev–Trinajstić information content (AvgIpc) is 3.01.